The van der Waals surface area contributed by atoms with Gasteiger partial charge in [0.2, 0.25) is 11.8 Å². The lowest BCUT2D eigenvalue weighted by molar-refractivity contribution is -0.384. The van der Waals surface area contributed by atoms with Gasteiger partial charge in [0.25, 0.3) is 5.69 Å². The molecule has 8 nitrogen and oxygen atoms in total. The molecular formula is C17H14Cl2N4O4. The molecule has 2 rings (SSSR count). The summed E-state index contributed by atoms with van der Waals surface area (Å²) in [7, 11) is 0. The van der Waals surface area contributed by atoms with E-state index >= 15 is 0 Å². The van der Waals surface area contributed by atoms with Crippen LogP contribution < -0.4 is 10.7 Å². The van der Waals surface area contributed by atoms with Crippen molar-refractivity contribution >= 4 is 52.6 Å². The molecule has 0 spiro atoms. The molecule has 0 saturated heterocycles. The van der Waals surface area contributed by atoms with Crippen LogP contribution in [0.2, 0.25) is 10.0 Å². The van der Waals surface area contributed by atoms with Crippen LogP contribution >= 0.6 is 23.2 Å². The van der Waals surface area contributed by atoms with Gasteiger partial charge in [-0.25, -0.2) is 5.43 Å². The van der Waals surface area contributed by atoms with E-state index in [1.807, 2.05) is 0 Å². The Morgan fingerprint density at radius 3 is 2.48 bits per heavy atom. The minimum Gasteiger partial charge on any atom is -0.325 e. The highest BCUT2D eigenvalue weighted by atomic mass is 35.5. The number of halogens is 2. The maximum Gasteiger partial charge on any atom is 0.270 e. The van der Waals surface area contributed by atoms with Gasteiger partial charge >= 0.3 is 0 Å². The first-order chi connectivity index (χ1) is 12.9. The van der Waals surface area contributed by atoms with Crippen LogP contribution in [0, 0.1) is 10.1 Å². The Kier molecular flexibility index (Phi) is 7.27. The highest BCUT2D eigenvalue weighted by molar-refractivity contribution is 6.33. The molecule has 0 aliphatic carbocycles. The fourth-order valence-electron chi connectivity index (χ4n) is 1.98. The van der Waals surface area contributed by atoms with Crippen molar-refractivity contribution in [2.24, 2.45) is 5.10 Å². The monoisotopic (exact) mass is 408 g/mol. The molecule has 2 N–H and O–H groups in total. The van der Waals surface area contributed by atoms with Crippen molar-refractivity contribution < 1.29 is 14.5 Å². The molecule has 0 radical (unpaired) electrons. The van der Waals surface area contributed by atoms with E-state index in [9.17, 15) is 19.7 Å². The summed E-state index contributed by atoms with van der Waals surface area (Å²) in [5.74, 6) is -0.869. The van der Waals surface area contributed by atoms with E-state index in [1.165, 1.54) is 24.4 Å². The number of hydrogen-bond acceptors (Lipinski definition) is 5. The van der Waals surface area contributed by atoms with Gasteiger partial charge in [-0.05, 0) is 18.2 Å². The zero-order valence-electron chi connectivity index (χ0n) is 13.8. The predicted molar refractivity (Wildman–Crippen MR) is 103 cm³/mol. The fraction of sp³-hybridized carbons (Fsp3) is 0.118. The molecule has 27 heavy (non-hydrogen) atoms. The lowest BCUT2D eigenvalue weighted by atomic mass is 10.2. The first kappa shape index (κ1) is 20.3. The maximum atomic E-state index is 11.8. The summed E-state index contributed by atoms with van der Waals surface area (Å²) < 4.78 is 0. The number of benzene rings is 2. The van der Waals surface area contributed by atoms with Crippen molar-refractivity contribution in [3.8, 4) is 0 Å². The molecule has 2 aromatic rings. The van der Waals surface area contributed by atoms with Crippen LogP contribution in [0.3, 0.4) is 0 Å². The second kappa shape index (κ2) is 9.65. The van der Waals surface area contributed by atoms with Gasteiger partial charge in [0.1, 0.15) is 0 Å². The minimum absolute atomic E-state index is 0.0653. The van der Waals surface area contributed by atoms with Crippen LogP contribution in [0.5, 0.6) is 0 Å². The average Bonchev–Trinajstić information content (AvgIpc) is 2.63. The van der Waals surface area contributed by atoms with E-state index in [0.29, 0.717) is 10.7 Å². The quantitative estimate of drug-likeness (QED) is 0.412. The number of carbonyl (C=O) groups excluding carboxylic acids is 2. The second-order valence-corrected chi connectivity index (χ2v) is 6.10. The van der Waals surface area contributed by atoms with Crippen molar-refractivity contribution in [1.29, 1.82) is 0 Å². The van der Waals surface area contributed by atoms with Crippen molar-refractivity contribution in [3.63, 3.8) is 0 Å². The van der Waals surface area contributed by atoms with Crippen LogP contribution in [0.4, 0.5) is 11.4 Å². The zero-order valence-corrected chi connectivity index (χ0v) is 15.3. The van der Waals surface area contributed by atoms with Crippen LogP contribution in [0.25, 0.3) is 0 Å². The summed E-state index contributed by atoms with van der Waals surface area (Å²) in [4.78, 5) is 33.8. The first-order valence-electron chi connectivity index (χ1n) is 7.67. The number of nitro groups is 1. The summed E-state index contributed by atoms with van der Waals surface area (Å²) in [5, 5.41) is 17.7. The number of anilines is 1. The molecular weight excluding hydrogens is 395 g/mol. The van der Waals surface area contributed by atoms with Crippen LogP contribution in [0.1, 0.15) is 18.4 Å². The van der Waals surface area contributed by atoms with Crippen LogP contribution in [0.15, 0.2) is 47.6 Å². The number of para-hydroxylation sites is 1. The molecule has 0 unspecified atom stereocenters. The normalized spacial score (nSPS) is 10.6. The Hall–Kier alpha value is -2.97. The highest BCUT2D eigenvalue weighted by Gasteiger charge is 2.10. The summed E-state index contributed by atoms with van der Waals surface area (Å²) in [6, 6.07) is 10.6. The van der Waals surface area contributed by atoms with Crippen molar-refractivity contribution in [3.05, 3.63) is 68.2 Å². The molecule has 0 atom stereocenters. The molecule has 0 saturated carbocycles. The van der Waals surface area contributed by atoms with Gasteiger partial charge in [-0.3, -0.25) is 19.7 Å². The highest BCUT2D eigenvalue weighted by Crippen LogP contribution is 2.21. The third-order valence-corrected chi connectivity index (χ3v) is 3.98. The standard InChI is InChI=1S/C17H14Cl2N4O4/c18-13-6-5-12(23(26)27)9-11(13)10-20-22-17(25)8-7-16(24)21-15-4-2-1-3-14(15)19/h1-6,9-10H,7-8H2,(H,21,24)(H,22,25)/b20-10+. The Bertz CT molecular complexity index is 902. The van der Waals surface area contributed by atoms with Crippen LogP contribution in [-0.4, -0.2) is 23.0 Å². The molecule has 0 bridgehead atoms. The number of non-ortho nitro benzene ring substituents is 1. The molecule has 0 aromatic heterocycles. The van der Waals surface area contributed by atoms with Gasteiger partial charge in [-0.15, -0.1) is 0 Å². The Morgan fingerprint density at radius 2 is 1.78 bits per heavy atom. The van der Waals surface area contributed by atoms with E-state index in [1.54, 1.807) is 24.3 Å². The van der Waals surface area contributed by atoms with Crippen LogP contribution in [-0.2, 0) is 9.59 Å². The van der Waals surface area contributed by atoms with E-state index in [4.69, 9.17) is 23.2 Å². The Morgan fingerprint density at radius 1 is 1.07 bits per heavy atom. The lowest BCUT2D eigenvalue weighted by Crippen LogP contribution is -2.20. The molecule has 0 fully saturated rings. The average molecular weight is 409 g/mol. The number of carbonyl (C=O) groups is 2. The molecule has 2 amide bonds. The Balaban J connectivity index is 1.83. The molecule has 0 aliphatic rings. The molecule has 0 aliphatic heterocycles. The molecule has 10 heteroatoms. The minimum atomic E-state index is -0.566. The van der Waals surface area contributed by atoms with Gasteiger partial charge in [-0.2, -0.15) is 5.10 Å². The van der Waals surface area contributed by atoms with Gasteiger partial charge in [-0.1, -0.05) is 35.3 Å². The number of nitrogens with one attached hydrogen (secondary N) is 2. The zero-order chi connectivity index (χ0) is 19.8. The SMILES string of the molecule is O=C(CCC(=O)Nc1ccccc1Cl)N/N=C/c1cc([N+](=O)[O-])ccc1Cl. The summed E-state index contributed by atoms with van der Waals surface area (Å²) in [6.45, 7) is 0. The number of amides is 2. The van der Waals surface area contributed by atoms with Gasteiger partial charge in [0.15, 0.2) is 0 Å². The van der Waals surface area contributed by atoms with Crippen molar-refractivity contribution in [1.82, 2.24) is 5.43 Å². The third-order valence-electron chi connectivity index (χ3n) is 3.31. The number of nitro benzene ring substituents is 1. The molecule has 140 valence electrons. The number of nitrogens with zero attached hydrogens (tertiary/aromatic N) is 2. The summed E-state index contributed by atoms with van der Waals surface area (Å²) >= 11 is 11.9. The number of rotatable bonds is 7. The topological polar surface area (TPSA) is 114 Å². The van der Waals surface area contributed by atoms with E-state index < -0.39 is 10.8 Å². The smallest absolute Gasteiger partial charge is 0.270 e. The Labute approximate surface area is 164 Å². The van der Waals surface area contributed by atoms with E-state index in [2.05, 4.69) is 15.8 Å². The number of hydrazone groups is 1. The van der Waals surface area contributed by atoms with E-state index in [0.717, 1.165) is 0 Å². The fourth-order valence-corrected chi connectivity index (χ4v) is 2.33. The van der Waals surface area contributed by atoms with Crippen molar-refractivity contribution in [2.45, 2.75) is 12.8 Å². The molecule has 2 aromatic carbocycles. The molecule has 0 heterocycles. The third kappa shape index (κ3) is 6.36. The first-order valence-corrected chi connectivity index (χ1v) is 8.42. The predicted octanol–water partition coefficient (Wildman–Crippen LogP) is 3.77. The maximum absolute atomic E-state index is 11.8. The largest absolute Gasteiger partial charge is 0.325 e. The number of hydrogen-bond donors (Lipinski definition) is 2. The van der Waals surface area contributed by atoms with E-state index in [-0.39, 0.29) is 35.0 Å². The summed E-state index contributed by atoms with van der Waals surface area (Å²) in [6.07, 6.45) is 1.03. The van der Waals surface area contributed by atoms with Gasteiger partial charge in [0.05, 0.1) is 21.8 Å². The van der Waals surface area contributed by atoms with Crippen molar-refractivity contribution in [2.75, 3.05) is 5.32 Å². The summed E-state index contributed by atoms with van der Waals surface area (Å²) in [5.41, 5.74) is 2.83. The lowest BCUT2D eigenvalue weighted by Gasteiger charge is -2.06. The van der Waals surface area contributed by atoms with Gasteiger partial charge < -0.3 is 5.32 Å². The van der Waals surface area contributed by atoms with Gasteiger partial charge in [0, 0.05) is 35.6 Å². The second-order valence-electron chi connectivity index (χ2n) is 5.28.